The van der Waals surface area contributed by atoms with Crippen LogP contribution in [0.4, 0.5) is 5.69 Å². The van der Waals surface area contributed by atoms with Crippen LogP contribution < -0.4 is 4.90 Å². The third-order valence-corrected chi connectivity index (χ3v) is 7.55. The fourth-order valence-corrected chi connectivity index (χ4v) is 5.69. The molecule has 2 aliphatic rings. The van der Waals surface area contributed by atoms with Gasteiger partial charge in [0.1, 0.15) is 0 Å². The molecule has 0 radical (unpaired) electrons. The summed E-state index contributed by atoms with van der Waals surface area (Å²) in [5.41, 5.74) is 10.8. The lowest BCUT2D eigenvalue weighted by Gasteiger charge is -2.31. The molecule has 2 heterocycles. The monoisotopic (exact) mass is 436 g/mol. The quantitative estimate of drug-likeness (QED) is 0.406. The highest BCUT2D eigenvalue weighted by Crippen LogP contribution is 2.40. The smallest absolute Gasteiger partial charge is 0.258 e. The molecule has 33 heavy (non-hydrogen) atoms. The molecular formula is C30H32N2O. The number of aryl methyl sites for hydroxylation is 1. The summed E-state index contributed by atoms with van der Waals surface area (Å²) < 4.78 is 2.23. The highest BCUT2D eigenvalue weighted by Gasteiger charge is 2.28. The molecule has 3 nitrogen and oxygen atoms in total. The average Bonchev–Trinajstić information content (AvgIpc) is 3.20. The van der Waals surface area contributed by atoms with Crippen LogP contribution in [0.25, 0.3) is 5.57 Å². The number of allylic oxidation sites excluding steroid dienone is 1. The average molecular weight is 437 g/mol. The molecule has 0 spiro atoms. The van der Waals surface area contributed by atoms with E-state index in [4.69, 9.17) is 0 Å². The Balaban J connectivity index is 1.48. The first-order valence-corrected chi connectivity index (χ1v) is 12.1. The summed E-state index contributed by atoms with van der Waals surface area (Å²) >= 11 is 0. The lowest BCUT2D eigenvalue weighted by Crippen LogP contribution is -2.30. The van der Waals surface area contributed by atoms with Crippen molar-refractivity contribution in [2.45, 2.75) is 52.6 Å². The molecule has 5 rings (SSSR count). The van der Waals surface area contributed by atoms with Gasteiger partial charge in [-0.2, -0.15) is 0 Å². The van der Waals surface area contributed by atoms with Gasteiger partial charge in [-0.25, -0.2) is 0 Å². The second kappa shape index (κ2) is 8.92. The van der Waals surface area contributed by atoms with Gasteiger partial charge in [0.25, 0.3) is 5.91 Å². The van der Waals surface area contributed by atoms with Crippen molar-refractivity contribution in [2.24, 2.45) is 11.8 Å². The minimum absolute atomic E-state index is 0.0434. The van der Waals surface area contributed by atoms with E-state index in [9.17, 15) is 4.79 Å². The molecule has 1 aromatic heterocycles. The number of hydrogen-bond acceptors (Lipinski definition) is 1. The number of hydrogen-bond donors (Lipinski definition) is 0. The largest absolute Gasteiger partial charge is 0.345 e. The van der Waals surface area contributed by atoms with E-state index in [1.165, 1.54) is 36.8 Å². The number of amides is 1. The predicted molar refractivity (Wildman–Crippen MR) is 135 cm³/mol. The Morgan fingerprint density at radius 1 is 1.03 bits per heavy atom. The second-order valence-corrected chi connectivity index (χ2v) is 9.64. The third-order valence-electron chi connectivity index (χ3n) is 7.55. The zero-order chi connectivity index (χ0) is 22.9. The van der Waals surface area contributed by atoms with Crippen LogP contribution in [0.1, 0.15) is 65.3 Å². The standard InChI is InChI=1S/C30H32N2O/c1-4-26(27-13-7-5-10-21(27)2)28-16-15-23(18-22(28)3)30(33)32-20-25-12-9-17-31(25)19-24-11-6-8-14-29(24)32/h6,8-9,11-12,14-18,21,27H,1,5,7,10,13,19-20H2,2-3H3. The maximum atomic E-state index is 13.8. The van der Waals surface area contributed by atoms with Gasteiger partial charge in [-0.3, -0.25) is 4.79 Å². The fraction of sp³-hybridized carbons (Fsp3) is 0.333. The summed E-state index contributed by atoms with van der Waals surface area (Å²) in [6.07, 6.45) is 7.14. The van der Waals surface area contributed by atoms with Crippen molar-refractivity contribution in [3.8, 4) is 0 Å². The predicted octanol–water partition coefficient (Wildman–Crippen LogP) is 7.00. The van der Waals surface area contributed by atoms with Gasteiger partial charge in [0.15, 0.2) is 0 Å². The number of nitrogens with zero attached hydrogens (tertiary/aromatic N) is 2. The van der Waals surface area contributed by atoms with Crippen LogP contribution in [-0.4, -0.2) is 10.5 Å². The molecule has 1 saturated carbocycles. The Hall–Kier alpha value is -3.29. The first-order chi connectivity index (χ1) is 16.1. The van der Waals surface area contributed by atoms with Gasteiger partial charge in [-0.05, 0) is 72.2 Å². The normalized spacial score (nSPS) is 19.8. The molecule has 1 amide bonds. The summed E-state index contributed by atoms with van der Waals surface area (Å²) in [6, 6.07) is 18.6. The van der Waals surface area contributed by atoms with Crippen molar-refractivity contribution in [1.82, 2.24) is 4.57 Å². The van der Waals surface area contributed by atoms with Gasteiger partial charge in [0.05, 0.1) is 6.54 Å². The molecule has 1 aliphatic heterocycles. The molecule has 0 saturated heterocycles. The zero-order valence-electron chi connectivity index (χ0n) is 19.7. The molecule has 2 atom stereocenters. The molecule has 2 aromatic carbocycles. The molecule has 3 aromatic rings. The number of para-hydroxylation sites is 1. The number of rotatable bonds is 3. The summed E-state index contributed by atoms with van der Waals surface area (Å²) in [4.78, 5) is 15.7. The van der Waals surface area contributed by atoms with Crippen LogP contribution in [0.2, 0.25) is 0 Å². The Kier molecular flexibility index (Phi) is 5.83. The molecule has 1 aliphatic carbocycles. The fourth-order valence-electron chi connectivity index (χ4n) is 5.69. The van der Waals surface area contributed by atoms with E-state index in [-0.39, 0.29) is 5.91 Å². The second-order valence-electron chi connectivity index (χ2n) is 9.64. The molecule has 0 N–H and O–H groups in total. The van der Waals surface area contributed by atoms with Crippen molar-refractivity contribution in [3.05, 3.63) is 101 Å². The third kappa shape index (κ3) is 3.98. The van der Waals surface area contributed by atoms with Crippen LogP contribution in [0.5, 0.6) is 0 Å². The zero-order valence-corrected chi connectivity index (χ0v) is 19.7. The maximum absolute atomic E-state index is 13.8. The van der Waals surface area contributed by atoms with Crippen LogP contribution in [0, 0.1) is 18.8 Å². The van der Waals surface area contributed by atoms with Crippen molar-refractivity contribution in [3.63, 3.8) is 0 Å². The number of anilines is 1. The molecule has 168 valence electrons. The molecule has 1 fully saturated rings. The van der Waals surface area contributed by atoms with Crippen LogP contribution >= 0.6 is 0 Å². The first-order valence-electron chi connectivity index (χ1n) is 12.1. The minimum atomic E-state index is 0.0434. The summed E-state index contributed by atoms with van der Waals surface area (Å²) in [6.45, 7) is 9.84. The van der Waals surface area contributed by atoms with E-state index in [1.807, 2.05) is 23.1 Å². The van der Waals surface area contributed by atoms with E-state index in [0.717, 1.165) is 34.6 Å². The van der Waals surface area contributed by atoms with Gasteiger partial charge < -0.3 is 9.47 Å². The van der Waals surface area contributed by atoms with Gasteiger partial charge in [0.2, 0.25) is 0 Å². The Morgan fingerprint density at radius 3 is 2.64 bits per heavy atom. The van der Waals surface area contributed by atoms with E-state index in [1.54, 1.807) is 0 Å². The van der Waals surface area contributed by atoms with Gasteiger partial charge >= 0.3 is 0 Å². The van der Waals surface area contributed by atoms with Gasteiger partial charge in [0, 0.05) is 35.3 Å². The Bertz CT molecular complexity index is 1240. The lowest BCUT2D eigenvalue weighted by molar-refractivity contribution is 0.0985. The molecular weight excluding hydrogens is 404 g/mol. The van der Waals surface area contributed by atoms with Crippen molar-refractivity contribution >= 4 is 17.2 Å². The topological polar surface area (TPSA) is 25.2 Å². The number of fused-ring (bicyclic) bond motifs is 2. The number of benzene rings is 2. The number of carbonyl (C=O) groups is 1. The van der Waals surface area contributed by atoms with E-state index in [0.29, 0.717) is 18.4 Å². The Labute approximate surface area is 197 Å². The van der Waals surface area contributed by atoms with Crippen molar-refractivity contribution in [2.75, 3.05) is 4.90 Å². The van der Waals surface area contributed by atoms with Crippen LogP contribution in [0.15, 0.2) is 73.1 Å². The highest BCUT2D eigenvalue weighted by atomic mass is 16.2. The Morgan fingerprint density at radius 2 is 1.85 bits per heavy atom. The molecule has 3 heteroatoms. The lowest BCUT2D eigenvalue weighted by atomic mass is 9.74. The summed E-state index contributed by atoms with van der Waals surface area (Å²) in [7, 11) is 0. The molecule has 0 bridgehead atoms. The van der Waals surface area contributed by atoms with Crippen molar-refractivity contribution in [1.29, 1.82) is 0 Å². The summed E-state index contributed by atoms with van der Waals surface area (Å²) in [5.74, 6) is 1.19. The van der Waals surface area contributed by atoms with Gasteiger partial charge in [-0.1, -0.05) is 57.0 Å². The number of carbonyl (C=O) groups excluding carboxylic acids is 1. The minimum Gasteiger partial charge on any atom is -0.345 e. The van der Waals surface area contributed by atoms with Gasteiger partial charge in [-0.15, -0.1) is 5.73 Å². The SMILES string of the molecule is C=C=C(c1ccc(C(=O)N2Cc3cccn3Cc3ccccc32)cc1C)C1CCCCC1C. The van der Waals surface area contributed by atoms with E-state index < -0.39 is 0 Å². The van der Waals surface area contributed by atoms with Crippen LogP contribution in [-0.2, 0) is 13.1 Å². The summed E-state index contributed by atoms with van der Waals surface area (Å²) in [5, 5.41) is 0. The van der Waals surface area contributed by atoms with E-state index >= 15 is 0 Å². The van der Waals surface area contributed by atoms with Crippen LogP contribution in [0.3, 0.4) is 0 Å². The number of aromatic nitrogens is 1. The van der Waals surface area contributed by atoms with E-state index in [2.05, 4.69) is 73.3 Å². The maximum Gasteiger partial charge on any atom is 0.258 e. The molecule has 2 unspecified atom stereocenters. The first kappa shape index (κ1) is 21.6. The highest BCUT2D eigenvalue weighted by molar-refractivity contribution is 6.06. The van der Waals surface area contributed by atoms with Crippen molar-refractivity contribution < 1.29 is 4.79 Å².